The van der Waals surface area contributed by atoms with Gasteiger partial charge in [0.15, 0.2) is 0 Å². The molecule has 0 aromatic heterocycles. The summed E-state index contributed by atoms with van der Waals surface area (Å²) in [7, 11) is 0. The minimum absolute atomic E-state index is 0.0266. The van der Waals surface area contributed by atoms with Crippen molar-refractivity contribution in [1.82, 2.24) is 5.32 Å². The summed E-state index contributed by atoms with van der Waals surface area (Å²) in [6.45, 7) is 7.82. The third kappa shape index (κ3) is 5.40. The fourth-order valence-electron chi connectivity index (χ4n) is 0.972. The zero-order valence-electron chi connectivity index (χ0n) is 9.96. The van der Waals surface area contributed by atoms with Gasteiger partial charge in [0.05, 0.1) is 5.41 Å². The molecular formula is C11H21NO3. The third-order valence-electron chi connectivity index (χ3n) is 2.53. The van der Waals surface area contributed by atoms with Crippen LogP contribution in [0.2, 0.25) is 0 Å². The van der Waals surface area contributed by atoms with Crippen molar-refractivity contribution in [3.63, 3.8) is 0 Å². The smallest absolute Gasteiger partial charge is 0.309 e. The van der Waals surface area contributed by atoms with E-state index in [4.69, 9.17) is 5.11 Å². The Morgan fingerprint density at radius 3 is 2.33 bits per heavy atom. The first-order valence-electron chi connectivity index (χ1n) is 5.29. The Morgan fingerprint density at radius 1 is 1.40 bits per heavy atom. The number of amides is 1. The molecule has 1 amide bonds. The second-order valence-corrected chi connectivity index (χ2v) is 4.68. The predicted octanol–water partition coefficient (Wildman–Crippen LogP) is 1.65. The van der Waals surface area contributed by atoms with E-state index in [1.807, 2.05) is 6.92 Å². The number of hydrogen-bond acceptors (Lipinski definition) is 2. The van der Waals surface area contributed by atoms with Crippen molar-refractivity contribution in [3.8, 4) is 0 Å². The van der Waals surface area contributed by atoms with E-state index in [2.05, 4.69) is 12.2 Å². The second kappa shape index (κ2) is 5.73. The van der Waals surface area contributed by atoms with E-state index in [1.165, 1.54) is 0 Å². The molecule has 0 bridgehead atoms. The van der Waals surface area contributed by atoms with E-state index in [9.17, 15) is 9.59 Å². The van der Waals surface area contributed by atoms with Gasteiger partial charge in [-0.25, -0.2) is 0 Å². The molecule has 0 saturated carbocycles. The van der Waals surface area contributed by atoms with Crippen LogP contribution < -0.4 is 5.32 Å². The van der Waals surface area contributed by atoms with Crippen molar-refractivity contribution in [2.75, 3.05) is 6.54 Å². The zero-order chi connectivity index (χ0) is 12.1. The fourth-order valence-corrected chi connectivity index (χ4v) is 0.972. The molecule has 0 rings (SSSR count). The summed E-state index contributed by atoms with van der Waals surface area (Å²) >= 11 is 0. The Hall–Kier alpha value is -1.06. The van der Waals surface area contributed by atoms with E-state index in [0.29, 0.717) is 12.5 Å². The fraction of sp³-hybridized carbons (Fsp3) is 0.818. The lowest BCUT2D eigenvalue weighted by Gasteiger charge is -2.19. The zero-order valence-corrected chi connectivity index (χ0v) is 9.96. The van der Waals surface area contributed by atoms with Crippen LogP contribution in [0.25, 0.3) is 0 Å². The minimum atomic E-state index is -0.987. The summed E-state index contributed by atoms with van der Waals surface area (Å²) < 4.78 is 0. The van der Waals surface area contributed by atoms with Gasteiger partial charge < -0.3 is 10.4 Å². The standard InChI is InChI=1S/C11H21NO3/c1-5-8(2)7-12-9(13)6-11(3,4)10(14)15/h8H,5-7H2,1-4H3,(H,12,13)(H,14,15). The Bertz CT molecular complexity index is 236. The second-order valence-electron chi connectivity index (χ2n) is 4.68. The first kappa shape index (κ1) is 13.9. The summed E-state index contributed by atoms with van der Waals surface area (Å²) in [5.41, 5.74) is -0.987. The summed E-state index contributed by atoms with van der Waals surface area (Å²) in [5.74, 6) is -0.703. The largest absolute Gasteiger partial charge is 0.481 e. The van der Waals surface area contributed by atoms with Crippen LogP contribution in [0.5, 0.6) is 0 Å². The molecule has 0 saturated heterocycles. The summed E-state index contributed by atoms with van der Waals surface area (Å²) in [6.07, 6.45) is 1.03. The van der Waals surface area contributed by atoms with Gasteiger partial charge in [0.25, 0.3) is 0 Å². The lowest BCUT2D eigenvalue weighted by atomic mass is 9.89. The van der Waals surface area contributed by atoms with Crippen LogP contribution in [0.15, 0.2) is 0 Å². The number of rotatable bonds is 6. The van der Waals surface area contributed by atoms with Gasteiger partial charge >= 0.3 is 5.97 Å². The van der Waals surface area contributed by atoms with Gasteiger partial charge in [0.1, 0.15) is 0 Å². The lowest BCUT2D eigenvalue weighted by Crippen LogP contribution is -2.35. The van der Waals surface area contributed by atoms with Crippen LogP contribution in [0, 0.1) is 11.3 Å². The van der Waals surface area contributed by atoms with Crippen LogP contribution in [-0.2, 0) is 9.59 Å². The van der Waals surface area contributed by atoms with Crippen molar-refractivity contribution in [3.05, 3.63) is 0 Å². The molecule has 4 heteroatoms. The molecule has 0 aliphatic heterocycles. The first-order valence-corrected chi connectivity index (χ1v) is 5.29. The van der Waals surface area contributed by atoms with E-state index in [-0.39, 0.29) is 12.3 Å². The highest BCUT2D eigenvalue weighted by Gasteiger charge is 2.29. The first-order chi connectivity index (χ1) is 6.79. The number of hydrogen-bond donors (Lipinski definition) is 2. The van der Waals surface area contributed by atoms with E-state index in [0.717, 1.165) is 6.42 Å². The SMILES string of the molecule is CCC(C)CNC(=O)CC(C)(C)C(=O)O. The number of aliphatic carboxylic acids is 1. The normalized spacial score (nSPS) is 13.3. The quantitative estimate of drug-likeness (QED) is 0.708. The highest BCUT2D eigenvalue weighted by atomic mass is 16.4. The Morgan fingerprint density at radius 2 is 1.93 bits per heavy atom. The van der Waals surface area contributed by atoms with Crippen LogP contribution in [0.3, 0.4) is 0 Å². The Kier molecular flexibility index (Phi) is 5.33. The van der Waals surface area contributed by atoms with Crippen LogP contribution in [-0.4, -0.2) is 23.5 Å². The maximum absolute atomic E-state index is 11.4. The summed E-state index contributed by atoms with van der Waals surface area (Å²) in [6, 6.07) is 0. The summed E-state index contributed by atoms with van der Waals surface area (Å²) in [4.78, 5) is 22.2. The van der Waals surface area contributed by atoms with Crippen LogP contribution >= 0.6 is 0 Å². The average molecular weight is 215 g/mol. The lowest BCUT2D eigenvalue weighted by molar-refractivity contribution is -0.149. The number of nitrogens with one attached hydrogen (secondary N) is 1. The molecule has 1 unspecified atom stereocenters. The molecule has 1 atom stereocenters. The van der Waals surface area contributed by atoms with Crippen molar-refractivity contribution in [2.45, 2.75) is 40.5 Å². The maximum atomic E-state index is 11.4. The van der Waals surface area contributed by atoms with Crippen molar-refractivity contribution in [1.29, 1.82) is 0 Å². The molecule has 0 aliphatic carbocycles. The highest BCUT2D eigenvalue weighted by Crippen LogP contribution is 2.19. The maximum Gasteiger partial charge on any atom is 0.309 e. The molecule has 0 radical (unpaired) electrons. The molecule has 4 nitrogen and oxygen atoms in total. The van der Waals surface area contributed by atoms with Crippen molar-refractivity contribution >= 4 is 11.9 Å². The van der Waals surface area contributed by atoms with Crippen LogP contribution in [0.1, 0.15) is 40.5 Å². The molecule has 0 aromatic rings. The molecule has 0 spiro atoms. The van der Waals surface area contributed by atoms with E-state index < -0.39 is 11.4 Å². The summed E-state index contributed by atoms with van der Waals surface area (Å²) in [5, 5.41) is 11.6. The van der Waals surface area contributed by atoms with Gasteiger partial charge in [0.2, 0.25) is 5.91 Å². The number of carbonyl (C=O) groups excluding carboxylic acids is 1. The molecule has 0 aromatic carbocycles. The monoisotopic (exact) mass is 215 g/mol. The van der Waals surface area contributed by atoms with E-state index >= 15 is 0 Å². The molecule has 2 N–H and O–H groups in total. The number of carboxylic acids is 1. The topological polar surface area (TPSA) is 66.4 Å². The van der Waals surface area contributed by atoms with Gasteiger partial charge in [-0.2, -0.15) is 0 Å². The van der Waals surface area contributed by atoms with Gasteiger partial charge in [-0.1, -0.05) is 20.3 Å². The molecule has 0 heterocycles. The molecule has 88 valence electrons. The Labute approximate surface area is 91.1 Å². The minimum Gasteiger partial charge on any atom is -0.481 e. The van der Waals surface area contributed by atoms with Gasteiger partial charge in [-0.3, -0.25) is 9.59 Å². The average Bonchev–Trinajstić information content (AvgIpc) is 2.13. The van der Waals surface area contributed by atoms with Crippen molar-refractivity contribution in [2.24, 2.45) is 11.3 Å². The highest BCUT2D eigenvalue weighted by molar-refractivity contribution is 5.84. The molecule has 0 aliphatic rings. The molecular weight excluding hydrogens is 194 g/mol. The van der Waals surface area contributed by atoms with Crippen LogP contribution in [0.4, 0.5) is 0 Å². The van der Waals surface area contributed by atoms with Gasteiger partial charge in [-0.05, 0) is 19.8 Å². The van der Waals surface area contributed by atoms with Crippen molar-refractivity contribution < 1.29 is 14.7 Å². The van der Waals surface area contributed by atoms with Gasteiger partial charge in [-0.15, -0.1) is 0 Å². The van der Waals surface area contributed by atoms with Gasteiger partial charge in [0, 0.05) is 13.0 Å². The predicted molar refractivity (Wildman–Crippen MR) is 58.5 cm³/mol. The number of carbonyl (C=O) groups is 2. The number of carboxylic acid groups (broad SMARTS) is 1. The Balaban J connectivity index is 3.99. The molecule has 0 fully saturated rings. The third-order valence-corrected chi connectivity index (χ3v) is 2.53. The van der Waals surface area contributed by atoms with E-state index in [1.54, 1.807) is 13.8 Å². The molecule has 15 heavy (non-hydrogen) atoms.